The Balaban J connectivity index is 2.18. The standard InChI is InChI=1S/C8H16N2O2/c1-3-9(2)8(12)6-10-4-7(11)5-10/h7,11H,3-6H2,1-2H3. The molecular formula is C8H16N2O2. The Hall–Kier alpha value is -0.610. The van der Waals surface area contributed by atoms with Crippen LogP contribution in [0.15, 0.2) is 0 Å². The number of likely N-dealkylation sites (N-methyl/N-ethyl adjacent to an activating group) is 1. The fourth-order valence-electron chi connectivity index (χ4n) is 1.16. The van der Waals surface area contributed by atoms with Crippen LogP contribution >= 0.6 is 0 Å². The van der Waals surface area contributed by atoms with Gasteiger partial charge in [0, 0.05) is 26.7 Å². The van der Waals surface area contributed by atoms with Crippen LogP contribution in [0.1, 0.15) is 6.92 Å². The van der Waals surface area contributed by atoms with Crippen molar-refractivity contribution in [1.29, 1.82) is 0 Å². The molecule has 1 aliphatic heterocycles. The molecule has 1 rings (SSSR count). The topological polar surface area (TPSA) is 43.8 Å². The molecule has 0 aliphatic carbocycles. The molecule has 0 spiro atoms. The first-order valence-electron chi connectivity index (χ1n) is 4.28. The predicted molar refractivity (Wildman–Crippen MR) is 45.8 cm³/mol. The van der Waals surface area contributed by atoms with Crippen molar-refractivity contribution < 1.29 is 9.90 Å². The number of carbonyl (C=O) groups is 1. The van der Waals surface area contributed by atoms with Crippen molar-refractivity contribution in [2.24, 2.45) is 0 Å². The zero-order valence-corrected chi connectivity index (χ0v) is 7.66. The van der Waals surface area contributed by atoms with Crippen LogP contribution in [0.2, 0.25) is 0 Å². The smallest absolute Gasteiger partial charge is 0.236 e. The van der Waals surface area contributed by atoms with Gasteiger partial charge in [0.1, 0.15) is 0 Å². The third-order valence-electron chi connectivity index (χ3n) is 2.20. The SMILES string of the molecule is CCN(C)C(=O)CN1CC(O)C1. The average molecular weight is 172 g/mol. The van der Waals surface area contributed by atoms with Gasteiger partial charge in [-0.1, -0.05) is 0 Å². The number of hydrogen-bond acceptors (Lipinski definition) is 3. The molecule has 1 saturated heterocycles. The minimum absolute atomic E-state index is 0.129. The van der Waals surface area contributed by atoms with Gasteiger partial charge in [0.25, 0.3) is 0 Å². The molecule has 1 fully saturated rings. The lowest BCUT2D eigenvalue weighted by Gasteiger charge is -2.35. The van der Waals surface area contributed by atoms with Crippen LogP contribution in [0.25, 0.3) is 0 Å². The molecular weight excluding hydrogens is 156 g/mol. The minimum Gasteiger partial charge on any atom is -0.390 e. The highest BCUT2D eigenvalue weighted by molar-refractivity contribution is 5.78. The summed E-state index contributed by atoms with van der Waals surface area (Å²) in [6.45, 7) is 4.42. The van der Waals surface area contributed by atoms with Crippen molar-refractivity contribution in [3.63, 3.8) is 0 Å². The lowest BCUT2D eigenvalue weighted by molar-refractivity contribution is -0.133. The van der Waals surface area contributed by atoms with Crippen LogP contribution in [0.5, 0.6) is 0 Å². The summed E-state index contributed by atoms with van der Waals surface area (Å²) >= 11 is 0. The third-order valence-corrected chi connectivity index (χ3v) is 2.20. The molecule has 70 valence electrons. The van der Waals surface area contributed by atoms with Crippen molar-refractivity contribution in [1.82, 2.24) is 9.80 Å². The molecule has 0 aromatic carbocycles. The van der Waals surface area contributed by atoms with Gasteiger partial charge in [-0.25, -0.2) is 0 Å². The second kappa shape index (κ2) is 3.87. The van der Waals surface area contributed by atoms with E-state index in [0.717, 1.165) is 6.54 Å². The molecule has 4 heteroatoms. The molecule has 0 saturated carbocycles. The molecule has 1 N–H and O–H groups in total. The van der Waals surface area contributed by atoms with Crippen LogP contribution in [-0.4, -0.2) is 60.1 Å². The van der Waals surface area contributed by atoms with Crippen molar-refractivity contribution in [2.45, 2.75) is 13.0 Å². The van der Waals surface area contributed by atoms with Gasteiger partial charge in [-0.15, -0.1) is 0 Å². The summed E-state index contributed by atoms with van der Waals surface area (Å²) in [5.41, 5.74) is 0. The predicted octanol–water partition coefficient (Wildman–Crippen LogP) is -0.859. The third kappa shape index (κ3) is 2.19. The number of aliphatic hydroxyl groups excluding tert-OH is 1. The number of amides is 1. The lowest BCUT2D eigenvalue weighted by atomic mass is 10.2. The maximum atomic E-state index is 11.3. The second-order valence-electron chi connectivity index (χ2n) is 3.26. The number of likely N-dealkylation sites (tertiary alicyclic amines) is 1. The van der Waals surface area contributed by atoms with Crippen LogP contribution in [-0.2, 0) is 4.79 Å². The molecule has 1 heterocycles. The van der Waals surface area contributed by atoms with Gasteiger partial charge in [0.2, 0.25) is 5.91 Å². The number of nitrogens with zero attached hydrogens (tertiary/aromatic N) is 2. The van der Waals surface area contributed by atoms with E-state index in [2.05, 4.69) is 0 Å². The van der Waals surface area contributed by atoms with Crippen molar-refractivity contribution in [3.8, 4) is 0 Å². The summed E-state index contributed by atoms with van der Waals surface area (Å²) < 4.78 is 0. The number of carbonyl (C=O) groups excluding carboxylic acids is 1. The number of rotatable bonds is 3. The summed E-state index contributed by atoms with van der Waals surface area (Å²) in [5, 5.41) is 8.96. The van der Waals surface area contributed by atoms with E-state index in [0.29, 0.717) is 19.6 Å². The number of aliphatic hydroxyl groups is 1. The van der Waals surface area contributed by atoms with Crippen LogP contribution in [0, 0.1) is 0 Å². The summed E-state index contributed by atoms with van der Waals surface area (Å²) in [4.78, 5) is 14.9. The van der Waals surface area contributed by atoms with Crippen LogP contribution in [0.4, 0.5) is 0 Å². The molecule has 0 bridgehead atoms. The summed E-state index contributed by atoms with van der Waals surface area (Å²) in [6, 6.07) is 0. The first kappa shape index (κ1) is 9.48. The monoisotopic (exact) mass is 172 g/mol. The minimum atomic E-state index is -0.218. The van der Waals surface area contributed by atoms with Gasteiger partial charge in [0.05, 0.1) is 12.6 Å². The molecule has 1 aliphatic rings. The normalized spacial score (nSPS) is 18.9. The van der Waals surface area contributed by atoms with E-state index in [4.69, 9.17) is 5.11 Å². The Kier molecular flexibility index (Phi) is 3.05. The van der Waals surface area contributed by atoms with E-state index in [-0.39, 0.29) is 12.0 Å². The fraction of sp³-hybridized carbons (Fsp3) is 0.875. The zero-order chi connectivity index (χ0) is 9.14. The molecule has 0 aromatic rings. The van der Waals surface area contributed by atoms with E-state index in [9.17, 15) is 4.79 Å². The molecule has 0 aromatic heterocycles. The van der Waals surface area contributed by atoms with Crippen molar-refractivity contribution in [3.05, 3.63) is 0 Å². The Morgan fingerprint density at radius 3 is 2.67 bits per heavy atom. The van der Waals surface area contributed by atoms with Crippen LogP contribution in [0.3, 0.4) is 0 Å². The van der Waals surface area contributed by atoms with E-state index < -0.39 is 0 Å². The Labute approximate surface area is 72.8 Å². The molecule has 0 atom stereocenters. The highest BCUT2D eigenvalue weighted by Gasteiger charge is 2.26. The largest absolute Gasteiger partial charge is 0.390 e. The van der Waals surface area contributed by atoms with Crippen molar-refractivity contribution >= 4 is 5.91 Å². The molecule has 0 unspecified atom stereocenters. The Morgan fingerprint density at radius 2 is 2.25 bits per heavy atom. The highest BCUT2D eigenvalue weighted by atomic mass is 16.3. The Bertz CT molecular complexity index is 166. The van der Waals surface area contributed by atoms with E-state index >= 15 is 0 Å². The molecule has 4 nitrogen and oxygen atoms in total. The first-order valence-corrected chi connectivity index (χ1v) is 4.28. The van der Waals surface area contributed by atoms with Gasteiger partial charge in [-0.2, -0.15) is 0 Å². The number of β-amino-alcohol motifs (C(OH)–C–C–N with tert-alkyl or cyclic N) is 1. The second-order valence-corrected chi connectivity index (χ2v) is 3.26. The first-order chi connectivity index (χ1) is 5.63. The average Bonchev–Trinajstić information content (AvgIpc) is 2.00. The summed E-state index contributed by atoms with van der Waals surface area (Å²) in [5.74, 6) is 0.129. The summed E-state index contributed by atoms with van der Waals surface area (Å²) in [7, 11) is 1.79. The number of hydrogen-bond donors (Lipinski definition) is 1. The Morgan fingerprint density at radius 1 is 1.67 bits per heavy atom. The van der Waals surface area contributed by atoms with Crippen molar-refractivity contribution in [2.75, 3.05) is 33.2 Å². The van der Waals surface area contributed by atoms with E-state index in [1.165, 1.54) is 0 Å². The van der Waals surface area contributed by atoms with Gasteiger partial charge in [-0.05, 0) is 6.92 Å². The van der Waals surface area contributed by atoms with Crippen LogP contribution < -0.4 is 0 Å². The quantitative estimate of drug-likeness (QED) is 0.602. The van der Waals surface area contributed by atoms with E-state index in [1.54, 1.807) is 11.9 Å². The highest BCUT2D eigenvalue weighted by Crippen LogP contribution is 2.06. The van der Waals surface area contributed by atoms with Gasteiger partial charge < -0.3 is 10.0 Å². The zero-order valence-electron chi connectivity index (χ0n) is 7.66. The lowest BCUT2D eigenvalue weighted by Crippen LogP contribution is -2.54. The maximum absolute atomic E-state index is 11.3. The van der Waals surface area contributed by atoms with Gasteiger partial charge in [-0.3, -0.25) is 9.69 Å². The molecule has 1 amide bonds. The molecule has 0 radical (unpaired) electrons. The maximum Gasteiger partial charge on any atom is 0.236 e. The van der Waals surface area contributed by atoms with Gasteiger partial charge >= 0.3 is 0 Å². The van der Waals surface area contributed by atoms with Gasteiger partial charge in [0.15, 0.2) is 0 Å². The molecule has 12 heavy (non-hydrogen) atoms. The van der Waals surface area contributed by atoms with E-state index in [1.807, 2.05) is 11.8 Å². The fourth-order valence-corrected chi connectivity index (χ4v) is 1.16. The summed E-state index contributed by atoms with van der Waals surface area (Å²) in [6.07, 6.45) is -0.218.